The molecule has 2 aromatic rings. The van der Waals surface area contributed by atoms with E-state index < -0.39 is 27.1 Å². The highest BCUT2D eigenvalue weighted by Crippen LogP contribution is 2.59. The van der Waals surface area contributed by atoms with Crippen molar-refractivity contribution in [3.63, 3.8) is 0 Å². The molecule has 3 rings (SSSR count). The minimum Gasteiger partial charge on any atom is -0.497 e. The molecule has 1 atom stereocenters. The molecule has 1 aromatic heterocycles. The van der Waals surface area contributed by atoms with E-state index in [4.69, 9.17) is 8.92 Å². The fourth-order valence-corrected chi connectivity index (χ4v) is 5.40. The molecule has 1 amide bonds. The second kappa shape index (κ2) is 8.29. The Morgan fingerprint density at radius 3 is 2.69 bits per heavy atom. The van der Waals surface area contributed by atoms with Crippen molar-refractivity contribution < 1.29 is 22.7 Å². The highest BCUT2D eigenvalue weighted by molar-refractivity contribution is 8.26. The fourth-order valence-electron chi connectivity index (χ4n) is 3.11. The van der Waals surface area contributed by atoms with Gasteiger partial charge < -0.3 is 4.74 Å². The van der Waals surface area contributed by atoms with Crippen molar-refractivity contribution >= 4 is 22.4 Å². The third-order valence-corrected chi connectivity index (χ3v) is 8.70. The van der Waals surface area contributed by atoms with Crippen molar-refractivity contribution in [3.8, 4) is 17.1 Å². The van der Waals surface area contributed by atoms with Gasteiger partial charge in [-0.05, 0) is 44.7 Å². The van der Waals surface area contributed by atoms with Crippen LogP contribution in [-0.2, 0) is 8.98 Å². The van der Waals surface area contributed by atoms with Crippen LogP contribution in [0.3, 0.4) is 0 Å². The summed E-state index contributed by atoms with van der Waals surface area (Å²) in [5, 5.41) is 9.17. The number of aromatic amines is 1. The molecule has 29 heavy (non-hydrogen) atoms. The summed E-state index contributed by atoms with van der Waals surface area (Å²) in [5.41, 5.74) is 0.196. The molecule has 0 radical (unpaired) electrons. The van der Waals surface area contributed by atoms with Crippen LogP contribution in [0.2, 0.25) is 0 Å². The topological polar surface area (TPSA) is 109 Å². The first-order valence-electron chi connectivity index (χ1n) is 9.36. The predicted octanol–water partition coefficient (Wildman–Crippen LogP) is 3.98. The number of nitrogens with zero attached hydrogens (tertiary/aromatic N) is 2. The van der Waals surface area contributed by atoms with Crippen molar-refractivity contribution in [3.05, 3.63) is 24.0 Å². The summed E-state index contributed by atoms with van der Waals surface area (Å²) in [6.07, 6.45) is 3.21. The molecule has 0 bridgehead atoms. The summed E-state index contributed by atoms with van der Waals surface area (Å²) in [5.74, 6) is 0.385. The normalized spacial score (nSPS) is 17.9. The van der Waals surface area contributed by atoms with E-state index in [1.54, 1.807) is 19.9 Å². The van der Waals surface area contributed by atoms with Gasteiger partial charge >= 0.3 is 0 Å². The Bertz CT molecular complexity index is 887. The van der Waals surface area contributed by atoms with Gasteiger partial charge in [-0.1, -0.05) is 6.42 Å². The second-order valence-corrected chi connectivity index (χ2v) is 10.6. The van der Waals surface area contributed by atoms with Gasteiger partial charge in [-0.25, -0.2) is 4.39 Å². The first-order chi connectivity index (χ1) is 13.7. The van der Waals surface area contributed by atoms with Gasteiger partial charge in [0.15, 0.2) is 5.82 Å². The van der Waals surface area contributed by atoms with Crippen molar-refractivity contribution in [1.82, 2.24) is 15.2 Å². The Labute approximate surface area is 170 Å². The molecule has 1 aliphatic rings. The first-order valence-corrected chi connectivity index (χ1v) is 11.0. The Morgan fingerprint density at radius 1 is 1.41 bits per heavy atom. The van der Waals surface area contributed by atoms with Gasteiger partial charge in [0.1, 0.15) is 16.3 Å². The lowest BCUT2D eigenvalue weighted by atomic mass is 9.87. The molecule has 0 aliphatic heterocycles. The average molecular weight is 427 g/mol. The lowest BCUT2D eigenvalue weighted by molar-refractivity contribution is -0.118. The number of rotatable bonds is 8. The summed E-state index contributed by atoms with van der Waals surface area (Å²) in [6, 6.07) is 4.35. The van der Waals surface area contributed by atoms with E-state index in [1.165, 1.54) is 26.4 Å². The van der Waals surface area contributed by atoms with E-state index in [9.17, 15) is 13.7 Å². The number of ether oxygens (including phenoxy) is 1. The maximum Gasteiger partial charge on any atom is 0.251 e. The average Bonchev–Trinajstić information content (AvgIpc) is 3.12. The summed E-state index contributed by atoms with van der Waals surface area (Å²) in [4.78, 5) is 17.1. The Morgan fingerprint density at radius 2 is 2.14 bits per heavy atom. The molecule has 1 aromatic carbocycles. The lowest BCUT2D eigenvalue weighted by Gasteiger charge is -2.50. The van der Waals surface area contributed by atoms with Gasteiger partial charge in [0, 0.05) is 11.8 Å². The standard InChI is InChI=1S/C19H27FN4O4S/c1-19(2,29(26,28-4)11-12-6-5-7-12)17(25)22-18-21-16(23-24-18)14-9-8-13(27-3)10-15(14)20/h8-10,12,26H,5-7,11H2,1-4H3,(H2,21,22,23,24,25). The molecule has 160 valence electrons. The maximum absolute atomic E-state index is 14.2. The number of amides is 1. The van der Waals surface area contributed by atoms with Crippen LogP contribution in [0.1, 0.15) is 33.1 Å². The fraction of sp³-hybridized carbons (Fsp3) is 0.526. The molecule has 0 saturated heterocycles. The van der Waals surface area contributed by atoms with Gasteiger partial charge in [0.25, 0.3) is 5.91 Å². The van der Waals surface area contributed by atoms with Gasteiger partial charge in [0.05, 0.1) is 19.8 Å². The summed E-state index contributed by atoms with van der Waals surface area (Å²) >= 11 is 0. The van der Waals surface area contributed by atoms with E-state index in [-0.39, 0.29) is 17.3 Å². The van der Waals surface area contributed by atoms with Crippen LogP contribution in [0.4, 0.5) is 10.3 Å². The molecule has 1 heterocycles. The largest absolute Gasteiger partial charge is 0.497 e. The summed E-state index contributed by atoms with van der Waals surface area (Å²) in [7, 11) is 0.236. The number of carbonyl (C=O) groups is 1. The molecule has 8 nitrogen and oxygen atoms in total. The lowest BCUT2D eigenvalue weighted by Crippen LogP contribution is -2.45. The van der Waals surface area contributed by atoms with Crippen molar-refractivity contribution in [2.45, 2.75) is 37.9 Å². The number of hydrogen-bond donors (Lipinski definition) is 3. The highest BCUT2D eigenvalue weighted by atomic mass is 32.3. The van der Waals surface area contributed by atoms with Crippen LogP contribution >= 0.6 is 10.6 Å². The van der Waals surface area contributed by atoms with Crippen LogP contribution in [0.25, 0.3) is 11.4 Å². The van der Waals surface area contributed by atoms with E-state index in [2.05, 4.69) is 20.5 Å². The van der Waals surface area contributed by atoms with Crippen molar-refractivity contribution in [1.29, 1.82) is 0 Å². The first kappa shape index (κ1) is 21.5. The van der Waals surface area contributed by atoms with Crippen LogP contribution in [-0.4, -0.2) is 50.4 Å². The number of aromatic nitrogens is 3. The van der Waals surface area contributed by atoms with Crippen LogP contribution in [0.15, 0.2) is 18.2 Å². The molecule has 1 aliphatic carbocycles. The number of halogens is 1. The maximum atomic E-state index is 14.2. The quantitative estimate of drug-likeness (QED) is 0.589. The SMILES string of the molecule is COc1ccc(-c2nc(NC(=O)C(C)(C)S(O)(CC3CCC3)OC)n[nH]2)c(F)c1. The third kappa shape index (κ3) is 4.24. The van der Waals surface area contributed by atoms with Crippen molar-refractivity contribution in [2.24, 2.45) is 5.92 Å². The zero-order valence-electron chi connectivity index (χ0n) is 17.0. The van der Waals surface area contributed by atoms with Gasteiger partial charge in [-0.2, -0.15) is 15.6 Å². The molecule has 0 spiro atoms. The van der Waals surface area contributed by atoms with E-state index in [0.717, 1.165) is 19.3 Å². The number of H-pyrrole nitrogens is 1. The second-order valence-electron chi connectivity index (χ2n) is 7.59. The third-order valence-electron chi connectivity index (χ3n) is 5.45. The van der Waals surface area contributed by atoms with Crippen molar-refractivity contribution in [2.75, 3.05) is 25.3 Å². The zero-order chi connectivity index (χ0) is 21.2. The van der Waals surface area contributed by atoms with Gasteiger partial charge in [-0.3, -0.25) is 23.9 Å². The van der Waals surface area contributed by atoms with Gasteiger partial charge in [-0.15, -0.1) is 5.10 Å². The molecular formula is C19H27FN4O4S. The molecule has 1 fully saturated rings. The number of hydrogen-bond acceptors (Lipinski definition) is 6. The van der Waals surface area contributed by atoms with Crippen LogP contribution in [0, 0.1) is 11.7 Å². The Hall–Kier alpha value is -2.17. The monoisotopic (exact) mass is 426 g/mol. The minimum absolute atomic E-state index is 0.00482. The number of carbonyl (C=O) groups excluding carboxylic acids is 1. The van der Waals surface area contributed by atoms with E-state index >= 15 is 0 Å². The number of nitrogens with one attached hydrogen (secondary N) is 2. The number of methoxy groups -OCH3 is 1. The van der Waals surface area contributed by atoms with E-state index in [1.807, 2.05) is 0 Å². The van der Waals surface area contributed by atoms with E-state index in [0.29, 0.717) is 17.4 Å². The summed E-state index contributed by atoms with van der Waals surface area (Å²) in [6.45, 7) is 3.30. The number of anilines is 1. The predicted molar refractivity (Wildman–Crippen MR) is 110 cm³/mol. The van der Waals surface area contributed by atoms with Crippen LogP contribution in [0.5, 0.6) is 5.75 Å². The molecule has 3 N–H and O–H groups in total. The highest BCUT2D eigenvalue weighted by Gasteiger charge is 2.45. The molecule has 1 saturated carbocycles. The molecule has 10 heteroatoms. The molecular weight excluding hydrogens is 399 g/mol. The summed E-state index contributed by atoms with van der Waals surface area (Å²) < 4.78 is 34.6. The Kier molecular flexibility index (Phi) is 6.16. The zero-order valence-corrected chi connectivity index (χ0v) is 17.8. The minimum atomic E-state index is -2.65. The smallest absolute Gasteiger partial charge is 0.251 e. The Balaban J connectivity index is 1.75. The number of benzene rings is 1. The van der Waals surface area contributed by atoms with Crippen LogP contribution < -0.4 is 10.1 Å². The van der Waals surface area contributed by atoms with Gasteiger partial charge in [0.2, 0.25) is 5.95 Å². The molecule has 1 unspecified atom stereocenters.